The van der Waals surface area contributed by atoms with Crippen molar-refractivity contribution in [3.63, 3.8) is 0 Å². The number of aliphatic imine (C=N–C) groups is 1. The number of benzene rings is 1. The number of hydrogen-bond donors (Lipinski definition) is 1. The molecule has 3 rings (SSSR count). The minimum absolute atomic E-state index is 0. The first-order valence-corrected chi connectivity index (χ1v) is 8.69. The van der Waals surface area contributed by atoms with E-state index in [-0.39, 0.29) is 24.0 Å². The van der Waals surface area contributed by atoms with Gasteiger partial charge in [0.2, 0.25) is 0 Å². The van der Waals surface area contributed by atoms with Gasteiger partial charge in [-0.25, -0.2) is 4.99 Å². The third-order valence-corrected chi connectivity index (χ3v) is 4.51. The van der Waals surface area contributed by atoms with Gasteiger partial charge in [0.25, 0.3) is 0 Å². The molecular weight excluding hydrogens is 427 g/mol. The minimum Gasteiger partial charge on any atom is -0.356 e. The molecule has 2 aromatic rings. The monoisotopic (exact) mass is 454 g/mol. The zero-order valence-corrected chi connectivity index (χ0v) is 17.5. The first-order valence-electron chi connectivity index (χ1n) is 8.69. The normalized spacial score (nSPS) is 13.6. The molecule has 136 valence electrons. The number of unbranched alkanes of at least 4 members (excludes halogenated alkanes) is 1. The smallest absolute Gasteiger partial charge is 0.198 e. The maximum atomic E-state index is 4.83. The Morgan fingerprint density at radius 3 is 2.80 bits per heavy atom. The fraction of sp³-hybridized carbons (Fsp3) is 0.500. The Morgan fingerprint density at radius 2 is 2.08 bits per heavy atom. The van der Waals surface area contributed by atoms with E-state index in [2.05, 4.69) is 51.6 Å². The van der Waals surface area contributed by atoms with Crippen LogP contribution in [-0.4, -0.2) is 33.8 Å². The molecule has 7 heteroatoms. The molecule has 0 radical (unpaired) electrons. The fourth-order valence-electron chi connectivity index (χ4n) is 2.91. The van der Waals surface area contributed by atoms with Crippen molar-refractivity contribution in [3.8, 4) is 0 Å². The number of nitrogens with one attached hydrogen (secondary N) is 1. The van der Waals surface area contributed by atoms with Crippen LogP contribution in [0.5, 0.6) is 0 Å². The van der Waals surface area contributed by atoms with E-state index in [1.165, 1.54) is 17.7 Å². The summed E-state index contributed by atoms with van der Waals surface area (Å²) in [7, 11) is 1.98. The van der Waals surface area contributed by atoms with Crippen LogP contribution in [0.15, 0.2) is 29.3 Å². The molecule has 0 aliphatic carbocycles. The van der Waals surface area contributed by atoms with Crippen LogP contribution in [0.1, 0.15) is 37.0 Å². The minimum atomic E-state index is 0. The van der Waals surface area contributed by atoms with Crippen LogP contribution in [0.3, 0.4) is 0 Å². The molecule has 0 atom stereocenters. The summed E-state index contributed by atoms with van der Waals surface area (Å²) in [6.45, 7) is 6.59. The zero-order chi connectivity index (χ0) is 16.9. The van der Waals surface area contributed by atoms with Gasteiger partial charge in [-0.15, -0.1) is 34.2 Å². The van der Waals surface area contributed by atoms with E-state index < -0.39 is 0 Å². The highest BCUT2D eigenvalue weighted by molar-refractivity contribution is 14.0. The molecule has 0 fully saturated rings. The number of aromatic nitrogens is 3. The van der Waals surface area contributed by atoms with Gasteiger partial charge in [-0.3, -0.25) is 0 Å². The van der Waals surface area contributed by atoms with Gasteiger partial charge in [-0.2, -0.15) is 0 Å². The number of aryl methyl sites for hydroxylation is 1. The molecule has 1 aliphatic heterocycles. The first kappa shape index (κ1) is 19.7. The predicted molar refractivity (Wildman–Crippen MR) is 113 cm³/mol. The Bertz CT molecular complexity index is 724. The van der Waals surface area contributed by atoms with E-state index in [0.717, 1.165) is 43.5 Å². The second-order valence-corrected chi connectivity index (χ2v) is 6.17. The van der Waals surface area contributed by atoms with Crippen LogP contribution in [0.4, 0.5) is 5.69 Å². The fourth-order valence-corrected chi connectivity index (χ4v) is 2.91. The summed E-state index contributed by atoms with van der Waals surface area (Å²) in [5, 5.41) is 11.8. The van der Waals surface area contributed by atoms with Gasteiger partial charge in [-0.1, -0.05) is 31.5 Å². The van der Waals surface area contributed by atoms with Crippen molar-refractivity contribution in [1.82, 2.24) is 20.1 Å². The van der Waals surface area contributed by atoms with Crippen molar-refractivity contribution in [1.29, 1.82) is 0 Å². The summed E-state index contributed by atoms with van der Waals surface area (Å²) in [6, 6.07) is 8.57. The van der Waals surface area contributed by atoms with Gasteiger partial charge in [-0.05, 0) is 31.4 Å². The first-order chi connectivity index (χ1) is 11.7. The summed E-state index contributed by atoms with van der Waals surface area (Å²) >= 11 is 0. The standard InChI is InChI=1S/C18H26N6.HI/c1-4-5-11-19-18(20-13-17-22-21-14(2)23(17)3)24-12-10-15-8-6-7-9-16(15)24;/h6-9H,4-5,10-13H2,1-3H3,(H,19,20);1H. The predicted octanol–water partition coefficient (Wildman–Crippen LogP) is 3.05. The number of halogens is 1. The number of rotatable bonds is 5. The van der Waals surface area contributed by atoms with Gasteiger partial charge in [0.1, 0.15) is 12.4 Å². The molecule has 1 aliphatic rings. The maximum absolute atomic E-state index is 4.83. The number of anilines is 1. The highest BCUT2D eigenvalue weighted by Gasteiger charge is 2.22. The van der Waals surface area contributed by atoms with Crippen molar-refractivity contribution in [2.75, 3.05) is 18.0 Å². The molecule has 0 spiro atoms. The highest BCUT2D eigenvalue weighted by Crippen LogP contribution is 2.27. The Morgan fingerprint density at radius 1 is 1.28 bits per heavy atom. The van der Waals surface area contributed by atoms with Crippen molar-refractivity contribution in [2.24, 2.45) is 12.0 Å². The average molecular weight is 454 g/mol. The molecule has 6 nitrogen and oxygen atoms in total. The van der Waals surface area contributed by atoms with Crippen molar-refractivity contribution in [2.45, 2.75) is 39.7 Å². The lowest BCUT2D eigenvalue weighted by Gasteiger charge is -2.22. The molecule has 0 bridgehead atoms. The third kappa shape index (κ3) is 4.50. The van der Waals surface area contributed by atoms with Crippen molar-refractivity contribution >= 4 is 35.6 Å². The van der Waals surface area contributed by atoms with Gasteiger partial charge >= 0.3 is 0 Å². The molecule has 2 heterocycles. The van der Waals surface area contributed by atoms with Gasteiger partial charge in [0, 0.05) is 25.8 Å². The van der Waals surface area contributed by atoms with Crippen LogP contribution in [-0.2, 0) is 20.0 Å². The lowest BCUT2D eigenvalue weighted by Crippen LogP contribution is -2.41. The number of para-hydroxylation sites is 1. The number of guanidine groups is 1. The Hall–Kier alpha value is -1.64. The summed E-state index contributed by atoms with van der Waals surface area (Å²) in [5.41, 5.74) is 2.64. The summed E-state index contributed by atoms with van der Waals surface area (Å²) in [4.78, 5) is 7.11. The summed E-state index contributed by atoms with van der Waals surface area (Å²) in [6.07, 6.45) is 3.37. The molecule has 25 heavy (non-hydrogen) atoms. The third-order valence-electron chi connectivity index (χ3n) is 4.51. The lowest BCUT2D eigenvalue weighted by molar-refractivity contribution is 0.732. The van der Waals surface area contributed by atoms with Crippen LogP contribution in [0.2, 0.25) is 0 Å². The Balaban J connectivity index is 0.00000225. The number of nitrogens with zero attached hydrogens (tertiary/aromatic N) is 5. The molecule has 0 saturated carbocycles. The summed E-state index contributed by atoms with van der Waals surface area (Å²) in [5.74, 6) is 2.73. The van der Waals surface area contributed by atoms with Crippen molar-refractivity contribution in [3.05, 3.63) is 41.5 Å². The Labute approximate surface area is 166 Å². The van der Waals surface area contributed by atoms with E-state index in [0.29, 0.717) is 6.54 Å². The SMILES string of the molecule is CCCCNC(=NCc1nnc(C)n1C)N1CCc2ccccc21.I. The van der Waals surface area contributed by atoms with Gasteiger partial charge in [0.15, 0.2) is 11.8 Å². The van der Waals surface area contributed by atoms with E-state index in [4.69, 9.17) is 4.99 Å². The molecular formula is C18H27IN6. The van der Waals surface area contributed by atoms with Crippen molar-refractivity contribution < 1.29 is 0 Å². The molecule has 1 N–H and O–H groups in total. The van der Waals surface area contributed by atoms with Gasteiger partial charge < -0.3 is 14.8 Å². The summed E-state index contributed by atoms with van der Waals surface area (Å²) < 4.78 is 1.99. The molecule has 0 unspecified atom stereocenters. The van der Waals surface area contributed by atoms with E-state index in [9.17, 15) is 0 Å². The molecule has 1 aromatic heterocycles. The maximum Gasteiger partial charge on any atom is 0.198 e. The zero-order valence-electron chi connectivity index (χ0n) is 15.2. The van der Waals surface area contributed by atoms with E-state index in [1.54, 1.807) is 0 Å². The quantitative estimate of drug-likeness (QED) is 0.327. The molecule has 0 saturated heterocycles. The van der Waals surface area contributed by atoms with Gasteiger partial charge in [0.05, 0.1) is 0 Å². The largest absolute Gasteiger partial charge is 0.356 e. The molecule has 1 aromatic carbocycles. The lowest BCUT2D eigenvalue weighted by atomic mass is 10.2. The van der Waals surface area contributed by atoms with Crippen LogP contribution >= 0.6 is 24.0 Å². The number of hydrogen-bond acceptors (Lipinski definition) is 3. The van der Waals surface area contributed by atoms with E-state index in [1.807, 2.05) is 18.5 Å². The molecule has 0 amide bonds. The van der Waals surface area contributed by atoms with Crippen LogP contribution < -0.4 is 10.2 Å². The number of fused-ring (bicyclic) bond motifs is 1. The average Bonchev–Trinajstić information content (AvgIpc) is 3.16. The van der Waals surface area contributed by atoms with E-state index >= 15 is 0 Å². The Kier molecular flexibility index (Phi) is 7.22. The second-order valence-electron chi connectivity index (χ2n) is 6.17. The van der Waals surface area contributed by atoms with Crippen LogP contribution in [0.25, 0.3) is 0 Å². The van der Waals surface area contributed by atoms with Crippen LogP contribution in [0, 0.1) is 6.92 Å². The topological polar surface area (TPSA) is 58.3 Å². The highest BCUT2D eigenvalue weighted by atomic mass is 127. The second kappa shape index (κ2) is 9.17.